The van der Waals surface area contributed by atoms with Crippen LogP contribution in [0.1, 0.15) is 12.8 Å². The van der Waals surface area contributed by atoms with Gasteiger partial charge in [-0.05, 0) is 12.8 Å². The highest BCUT2D eigenvalue weighted by Crippen LogP contribution is 2.17. The summed E-state index contributed by atoms with van der Waals surface area (Å²) >= 11 is 0. The number of hydrogen-bond donors (Lipinski definition) is 2. The summed E-state index contributed by atoms with van der Waals surface area (Å²) in [5.41, 5.74) is 2.72. The molecule has 17 heavy (non-hydrogen) atoms. The standard InChI is InChI=1S/C10H17N3O4/c14-9(15)8-2-1-3-13(8)10(16)11-12-4-6-17-7-5-12/h8H,1-7H2,(H,11,16)(H,14,15). The lowest BCUT2D eigenvalue weighted by atomic mass is 10.2. The Bertz CT molecular complexity index is 304. The summed E-state index contributed by atoms with van der Waals surface area (Å²) in [6.07, 6.45) is 1.28. The molecule has 7 heteroatoms. The molecule has 2 saturated heterocycles. The van der Waals surface area contributed by atoms with E-state index in [0.29, 0.717) is 39.3 Å². The Morgan fingerprint density at radius 2 is 1.94 bits per heavy atom. The van der Waals surface area contributed by atoms with E-state index >= 15 is 0 Å². The van der Waals surface area contributed by atoms with Crippen LogP contribution in [0.2, 0.25) is 0 Å². The predicted molar refractivity (Wildman–Crippen MR) is 58.3 cm³/mol. The van der Waals surface area contributed by atoms with Crippen LogP contribution in [0.25, 0.3) is 0 Å². The van der Waals surface area contributed by atoms with Gasteiger partial charge in [-0.1, -0.05) is 0 Å². The van der Waals surface area contributed by atoms with Gasteiger partial charge in [-0.2, -0.15) is 0 Å². The van der Waals surface area contributed by atoms with E-state index in [0.717, 1.165) is 6.42 Å². The number of morpholine rings is 1. The van der Waals surface area contributed by atoms with Gasteiger partial charge in [-0.25, -0.2) is 14.6 Å². The van der Waals surface area contributed by atoms with Crippen molar-refractivity contribution in [3.63, 3.8) is 0 Å². The van der Waals surface area contributed by atoms with Gasteiger partial charge < -0.3 is 14.7 Å². The van der Waals surface area contributed by atoms with Gasteiger partial charge >= 0.3 is 12.0 Å². The minimum atomic E-state index is -0.931. The van der Waals surface area contributed by atoms with Crippen molar-refractivity contribution in [3.05, 3.63) is 0 Å². The molecule has 2 N–H and O–H groups in total. The Kier molecular flexibility index (Phi) is 3.80. The van der Waals surface area contributed by atoms with Gasteiger partial charge in [-0.3, -0.25) is 5.43 Å². The maximum atomic E-state index is 11.9. The second-order valence-electron chi connectivity index (χ2n) is 4.21. The first-order valence-corrected chi connectivity index (χ1v) is 5.81. The van der Waals surface area contributed by atoms with Crippen LogP contribution >= 0.6 is 0 Å². The van der Waals surface area contributed by atoms with Crippen molar-refractivity contribution >= 4 is 12.0 Å². The molecule has 7 nitrogen and oxygen atoms in total. The third-order valence-electron chi connectivity index (χ3n) is 3.06. The van der Waals surface area contributed by atoms with Crippen LogP contribution in [0.4, 0.5) is 4.79 Å². The van der Waals surface area contributed by atoms with Crippen molar-refractivity contribution < 1.29 is 19.4 Å². The number of amides is 2. The zero-order valence-corrected chi connectivity index (χ0v) is 9.59. The van der Waals surface area contributed by atoms with Gasteiger partial charge in [0.25, 0.3) is 0 Å². The zero-order valence-electron chi connectivity index (χ0n) is 9.59. The second-order valence-corrected chi connectivity index (χ2v) is 4.21. The highest BCUT2D eigenvalue weighted by Gasteiger charge is 2.34. The average molecular weight is 243 g/mol. The van der Waals surface area contributed by atoms with E-state index in [1.807, 2.05) is 0 Å². The molecule has 0 spiro atoms. The van der Waals surface area contributed by atoms with Crippen molar-refractivity contribution in [2.24, 2.45) is 0 Å². The molecule has 2 heterocycles. The van der Waals surface area contributed by atoms with Gasteiger partial charge in [0, 0.05) is 19.6 Å². The van der Waals surface area contributed by atoms with E-state index in [9.17, 15) is 9.59 Å². The topological polar surface area (TPSA) is 82.1 Å². The Balaban J connectivity index is 1.88. The lowest BCUT2D eigenvalue weighted by Crippen LogP contribution is -2.54. The maximum Gasteiger partial charge on any atom is 0.332 e. The van der Waals surface area contributed by atoms with E-state index in [1.54, 1.807) is 5.01 Å². The largest absolute Gasteiger partial charge is 0.480 e. The third-order valence-corrected chi connectivity index (χ3v) is 3.06. The van der Waals surface area contributed by atoms with Crippen LogP contribution in [-0.4, -0.2) is 65.9 Å². The number of carboxylic acids is 1. The van der Waals surface area contributed by atoms with E-state index in [1.165, 1.54) is 4.90 Å². The van der Waals surface area contributed by atoms with E-state index in [-0.39, 0.29) is 6.03 Å². The first kappa shape index (κ1) is 12.1. The zero-order chi connectivity index (χ0) is 12.3. The minimum Gasteiger partial charge on any atom is -0.480 e. The first-order chi connectivity index (χ1) is 8.18. The molecule has 2 rings (SSSR count). The summed E-state index contributed by atoms with van der Waals surface area (Å²) in [5.74, 6) is -0.931. The SMILES string of the molecule is O=C(O)C1CCCN1C(=O)NN1CCOCC1. The van der Waals surface area contributed by atoms with Gasteiger partial charge in [0.15, 0.2) is 0 Å². The summed E-state index contributed by atoms with van der Waals surface area (Å²) in [5, 5.41) is 10.8. The fourth-order valence-electron chi connectivity index (χ4n) is 2.14. The average Bonchev–Trinajstić information content (AvgIpc) is 2.79. The number of ether oxygens (including phenoxy) is 1. The smallest absolute Gasteiger partial charge is 0.332 e. The predicted octanol–water partition coefficient (Wildman–Crippen LogP) is -0.508. The van der Waals surface area contributed by atoms with Crippen molar-refractivity contribution in [2.75, 3.05) is 32.8 Å². The van der Waals surface area contributed by atoms with Crippen LogP contribution in [0.5, 0.6) is 0 Å². The number of carbonyl (C=O) groups is 2. The number of nitrogens with zero attached hydrogens (tertiary/aromatic N) is 2. The third kappa shape index (κ3) is 2.86. The Morgan fingerprint density at radius 3 is 2.59 bits per heavy atom. The molecule has 2 amide bonds. The molecule has 2 fully saturated rings. The molecule has 0 aromatic rings. The monoisotopic (exact) mass is 243 g/mol. The van der Waals surface area contributed by atoms with Crippen molar-refractivity contribution in [1.82, 2.24) is 15.3 Å². The van der Waals surface area contributed by atoms with Crippen LogP contribution in [0.15, 0.2) is 0 Å². The summed E-state index contributed by atoms with van der Waals surface area (Å²) in [6, 6.07) is -1.01. The Hall–Kier alpha value is -1.34. The van der Waals surface area contributed by atoms with Crippen LogP contribution < -0.4 is 5.43 Å². The van der Waals surface area contributed by atoms with Gasteiger partial charge in [-0.15, -0.1) is 0 Å². The molecular weight excluding hydrogens is 226 g/mol. The molecule has 1 atom stereocenters. The van der Waals surface area contributed by atoms with Crippen LogP contribution in [-0.2, 0) is 9.53 Å². The molecule has 2 aliphatic heterocycles. The fraction of sp³-hybridized carbons (Fsp3) is 0.800. The van der Waals surface area contributed by atoms with Crippen LogP contribution in [0.3, 0.4) is 0 Å². The number of likely N-dealkylation sites (tertiary alicyclic amines) is 1. The number of urea groups is 1. The number of rotatable bonds is 2. The van der Waals surface area contributed by atoms with Gasteiger partial charge in [0.05, 0.1) is 13.2 Å². The Morgan fingerprint density at radius 1 is 1.24 bits per heavy atom. The quantitative estimate of drug-likeness (QED) is 0.682. The normalized spacial score (nSPS) is 25.9. The summed E-state index contributed by atoms with van der Waals surface area (Å²) < 4.78 is 5.17. The fourth-order valence-corrected chi connectivity index (χ4v) is 2.14. The second kappa shape index (κ2) is 5.33. The lowest BCUT2D eigenvalue weighted by molar-refractivity contribution is -0.141. The Labute approximate surface area is 99.3 Å². The van der Waals surface area contributed by atoms with E-state index < -0.39 is 12.0 Å². The minimum absolute atomic E-state index is 0.322. The number of hydrogen-bond acceptors (Lipinski definition) is 4. The maximum absolute atomic E-state index is 11.9. The number of carboxylic acid groups (broad SMARTS) is 1. The molecule has 96 valence electrons. The number of aliphatic carboxylic acids is 1. The summed E-state index contributed by atoms with van der Waals surface area (Å²) in [6.45, 7) is 2.95. The van der Waals surface area contributed by atoms with Crippen LogP contribution in [0, 0.1) is 0 Å². The molecule has 0 bridgehead atoms. The molecule has 0 aliphatic carbocycles. The molecule has 2 aliphatic rings. The number of carbonyl (C=O) groups excluding carboxylic acids is 1. The molecule has 0 aromatic carbocycles. The van der Waals surface area contributed by atoms with Crippen molar-refractivity contribution in [3.8, 4) is 0 Å². The van der Waals surface area contributed by atoms with E-state index in [2.05, 4.69) is 5.43 Å². The number of hydrazine groups is 1. The number of nitrogens with one attached hydrogen (secondary N) is 1. The molecule has 1 unspecified atom stereocenters. The van der Waals surface area contributed by atoms with Gasteiger partial charge in [0.1, 0.15) is 6.04 Å². The lowest BCUT2D eigenvalue weighted by Gasteiger charge is -2.30. The highest BCUT2D eigenvalue weighted by molar-refractivity contribution is 5.83. The highest BCUT2D eigenvalue weighted by atomic mass is 16.5. The molecule has 0 saturated carbocycles. The van der Waals surface area contributed by atoms with Crippen molar-refractivity contribution in [2.45, 2.75) is 18.9 Å². The molecule has 0 aromatic heterocycles. The summed E-state index contributed by atoms with van der Waals surface area (Å²) in [4.78, 5) is 24.2. The van der Waals surface area contributed by atoms with Crippen molar-refractivity contribution in [1.29, 1.82) is 0 Å². The summed E-state index contributed by atoms with van der Waals surface area (Å²) in [7, 11) is 0. The molecular formula is C10H17N3O4. The molecule has 0 radical (unpaired) electrons. The first-order valence-electron chi connectivity index (χ1n) is 5.81. The van der Waals surface area contributed by atoms with E-state index in [4.69, 9.17) is 9.84 Å². The van der Waals surface area contributed by atoms with Gasteiger partial charge in [0.2, 0.25) is 0 Å².